The van der Waals surface area contributed by atoms with Crippen molar-refractivity contribution in [1.29, 1.82) is 0 Å². The minimum absolute atomic E-state index is 0.0353. The molecule has 1 aliphatic rings. The summed E-state index contributed by atoms with van der Waals surface area (Å²) >= 11 is 5.94. The molecule has 0 unspecified atom stereocenters. The van der Waals surface area contributed by atoms with E-state index in [4.69, 9.17) is 11.6 Å². The number of carbonyl (C=O) groups is 2. The van der Waals surface area contributed by atoms with Crippen molar-refractivity contribution < 1.29 is 18.4 Å². The van der Waals surface area contributed by atoms with Gasteiger partial charge in [-0.15, -0.1) is 0 Å². The van der Waals surface area contributed by atoms with Gasteiger partial charge in [0.05, 0.1) is 10.6 Å². The summed E-state index contributed by atoms with van der Waals surface area (Å²) in [4.78, 5) is 26.6. The predicted molar refractivity (Wildman–Crippen MR) is 90.8 cm³/mol. The first-order valence-corrected chi connectivity index (χ1v) is 8.37. The molecule has 0 radical (unpaired) electrons. The molecule has 0 saturated carbocycles. The van der Waals surface area contributed by atoms with Crippen LogP contribution in [0.5, 0.6) is 0 Å². The highest BCUT2D eigenvalue weighted by molar-refractivity contribution is 6.33. The SMILES string of the molecule is O=C(c1ccc(F)cc1)C1CCN(C(=O)c2ccc(F)cc2Cl)CC1. The number of carbonyl (C=O) groups excluding carboxylic acids is 2. The van der Waals surface area contributed by atoms with Gasteiger partial charge in [-0.05, 0) is 55.3 Å². The molecule has 0 atom stereocenters. The van der Waals surface area contributed by atoms with Crippen molar-refractivity contribution in [3.05, 3.63) is 70.2 Å². The number of hydrogen-bond acceptors (Lipinski definition) is 2. The van der Waals surface area contributed by atoms with E-state index in [9.17, 15) is 18.4 Å². The Bertz CT molecular complexity index is 800. The molecule has 6 heteroatoms. The van der Waals surface area contributed by atoms with E-state index in [0.717, 1.165) is 6.07 Å². The first kappa shape index (κ1) is 17.5. The van der Waals surface area contributed by atoms with Gasteiger partial charge >= 0.3 is 0 Å². The number of likely N-dealkylation sites (tertiary alicyclic amines) is 1. The van der Waals surface area contributed by atoms with E-state index >= 15 is 0 Å². The van der Waals surface area contributed by atoms with Gasteiger partial charge < -0.3 is 4.90 Å². The van der Waals surface area contributed by atoms with Crippen molar-refractivity contribution in [2.75, 3.05) is 13.1 Å². The van der Waals surface area contributed by atoms with Crippen LogP contribution in [0.25, 0.3) is 0 Å². The van der Waals surface area contributed by atoms with Crippen LogP contribution >= 0.6 is 11.6 Å². The minimum atomic E-state index is -0.495. The first-order chi connectivity index (χ1) is 12.0. The maximum atomic E-state index is 13.1. The van der Waals surface area contributed by atoms with Crippen molar-refractivity contribution in [2.24, 2.45) is 5.92 Å². The highest BCUT2D eigenvalue weighted by atomic mass is 35.5. The normalized spacial score (nSPS) is 15.2. The van der Waals surface area contributed by atoms with E-state index in [-0.39, 0.29) is 34.0 Å². The van der Waals surface area contributed by atoms with Crippen LogP contribution in [0.2, 0.25) is 5.02 Å². The Labute approximate surface area is 149 Å². The highest BCUT2D eigenvalue weighted by Gasteiger charge is 2.29. The predicted octanol–water partition coefficient (Wildman–Crippen LogP) is 4.35. The lowest BCUT2D eigenvalue weighted by molar-refractivity contribution is 0.0650. The number of Topliss-reactive ketones (excluding diaryl/α,β-unsaturated/α-hetero) is 1. The number of nitrogens with zero attached hydrogens (tertiary/aromatic N) is 1. The molecular formula is C19H16ClF2NO2. The fourth-order valence-electron chi connectivity index (χ4n) is 3.03. The molecule has 0 aromatic heterocycles. The molecule has 1 amide bonds. The number of rotatable bonds is 3. The molecule has 0 aliphatic carbocycles. The van der Waals surface area contributed by atoms with Crippen molar-refractivity contribution in [3.8, 4) is 0 Å². The van der Waals surface area contributed by atoms with Gasteiger partial charge in [0.15, 0.2) is 5.78 Å². The highest BCUT2D eigenvalue weighted by Crippen LogP contribution is 2.25. The summed E-state index contributed by atoms with van der Waals surface area (Å²) in [6, 6.07) is 9.17. The van der Waals surface area contributed by atoms with Crippen LogP contribution in [0.3, 0.4) is 0 Å². The van der Waals surface area contributed by atoms with Crippen LogP contribution in [-0.4, -0.2) is 29.7 Å². The van der Waals surface area contributed by atoms with Gasteiger partial charge in [-0.25, -0.2) is 8.78 Å². The molecule has 0 bridgehead atoms. The van der Waals surface area contributed by atoms with Crippen LogP contribution in [0.4, 0.5) is 8.78 Å². The summed E-state index contributed by atoms with van der Waals surface area (Å²) in [5.41, 5.74) is 0.735. The Morgan fingerprint density at radius 2 is 1.56 bits per heavy atom. The molecule has 0 spiro atoms. The van der Waals surface area contributed by atoms with Crippen LogP contribution in [-0.2, 0) is 0 Å². The Kier molecular flexibility index (Phi) is 5.13. The molecule has 1 aliphatic heterocycles. The standard InChI is InChI=1S/C19H16ClF2NO2/c20-17-11-15(22)5-6-16(17)19(25)23-9-7-13(8-10-23)18(24)12-1-3-14(21)4-2-12/h1-6,11,13H,7-10H2. The summed E-state index contributed by atoms with van der Waals surface area (Å²) in [5.74, 6) is -1.37. The third kappa shape index (κ3) is 3.87. The fourth-order valence-corrected chi connectivity index (χ4v) is 3.28. The van der Waals surface area contributed by atoms with Crippen LogP contribution in [0, 0.1) is 17.6 Å². The molecule has 2 aromatic rings. The van der Waals surface area contributed by atoms with Crippen molar-refractivity contribution in [3.63, 3.8) is 0 Å². The number of benzene rings is 2. The van der Waals surface area contributed by atoms with Crippen LogP contribution < -0.4 is 0 Å². The number of amides is 1. The molecular weight excluding hydrogens is 348 g/mol. The first-order valence-electron chi connectivity index (χ1n) is 8.00. The summed E-state index contributed by atoms with van der Waals surface area (Å²) in [7, 11) is 0. The lowest BCUT2D eigenvalue weighted by Gasteiger charge is -2.31. The van der Waals surface area contributed by atoms with Gasteiger partial charge in [-0.1, -0.05) is 11.6 Å². The van der Waals surface area contributed by atoms with E-state index in [1.54, 1.807) is 4.90 Å². The lowest BCUT2D eigenvalue weighted by Crippen LogP contribution is -2.40. The van der Waals surface area contributed by atoms with Gasteiger partial charge in [0.2, 0.25) is 0 Å². The van der Waals surface area contributed by atoms with Gasteiger partial charge in [-0.3, -0.25) is 9.59 Å². The maximum absolute atomic E-state index is 13.1. The van der Waals surface area contributed by atoms with Gasteiger partial charge in [-0.2, -0.15) is 0 Å². The van der Waals surface area contributed by atoms with Crippen molar-refractivity contribution in [2.45, 2.75) is 12.8 Å². The molecule has 1 saturated heterocycles. The van der Waals surface area contributed by atoms with Crippen molar-refractivity contribution in [1.82, 2.24) is 4.90 Å². The molecule has 25 heavy (non-hydrogen) atoms. The monoisotopic (exact) mass is 363 g/mol. The van der Waals surface area contributed by atoms with Gasteiger partial charge in [0.25, 0.3) is 5.91 Å². The van der Waals surface area contributed by atoms with E-state index < -0.39 is 5.82 Å². The third-order valence-electron chi connectivity index (χ3n) is 4.44. The molecule has 1 fully saturated rings. The Hall–Kier alpha value is -2.27. The Morgan fingerprint density at radius 1 is 0.960 bits per heavy atom. The van der Waals surface area contributed by atoms with E-state index in [2.05, 4.69) is 0 Å². The molecule has 0 N–H and O–H groups in total. The molecule has 130 valence electrons. The molecule has 3 rings (SSSR count). The zero-order chi connectivity index (χ0) is 18.0. The van der Waals surface area contributed by atoms with Crippen LogP contribution in [0.15, 0.2) is 42.5 Å². The number of halogens is 3. The average molecular weight is 364 g/mol. The zero-order valence-electron chi connectivity index (χ0n) is 13.3. The fraction of sp³-hybridized carbons (Fsp3) is 0.263. The Balaban J connectivity index is 1.64. The van der Waals surface area contributed by atoms with Crippen molar-refractivity contribution >= 4 is 23.3 Å². The van der Waals surface area contributed by atoms with Gasteiger partial charge in [0, 0.05) is 24.6 Å². The summed E-state index contributed by atoms with van der Waals surface area (Å²) in [6.45, 7) is 0.842. The number of hydrogen-bond donors (Lipinski definition) is 0. The Morgan fingerprint density at radius 3 is 2.16 bits per heavy atom. The summed E-state index contributed by atoms with van der Waals surface area (Å²) < 4.78 is 26.1. The second-order valence-electron chi connectivity index (χ2n) is 6.06. The van der Waals surface area contributed by atoms with Gasteiger partial charge in [0.1, 0.15) is 11.6 Å². The molecule has 1 heterocycles. The average Bonchev–Trinajstić information content (AvgIpc) is 2.61. The summed E-state index contributed by atoms with van der Waals surface area (Å²) in [6.07, 6.45) is 1.06. The largest absolute Gasteiger partial charge is 0.339 e. The van der Waals surface area contributed by atoms with E-state index in [1.807, 2.05) is 0 Å². The van der Waals surface area contributed by atoms with Crippen LogP contribution in [0.1, 0.15) is 33.6 Å². The minimum Gasteiger partial charge on any atom is -0.339 e. The second kappa shape index (κ2) is 7.31. The second-order valence-corrected chi connectivity index (χ2v) is 6.47. The molecule has 2 aromatic carbocycles. The smallest absolute Gasteiger partial charge is 0.255 e. The summed E-state index contributed by atoms with van der Waals surface area (Å²) in [5, 5.41) is 0.0783. The topological polar surface area (TPSA) is 37.4 Å². The molecule has 3 nitrogen and oxygen atoms in total. The van der Waals surface area contributed by atoms with E-state index in [1.165, 1.54) is 36.4 Å². The number of ketones is 1. The zero-order valence-corrected chi connectivity index (χ0v) is 14.1. The number of piperidine rings is 1. The quantitative estimate of drug-likeness (QED) is 0.760. The lowest BCUT2D eigenvalue weighted by atomic mass is 9.88. The maximum Gasteiger partial charge on any atom is 0.255 e. The third-order valence-corrected chi connectivity index (χ3v) is 4.76. The van der Waals surface area contributed by atoms with E-state index in [0.29, 0.717) is 31.5 Å².